The largest absolute Gasteiger partial charge is 0.469 e. The maximum Gasteiger partial charge on any atom is 0.135 e. The van der Waals surface area contributed by atoms with Crippen molar-refractivity contribution in [3.8, 4) is 0 Å². The van der Waals surface area contributed by atoms with Crippen LogP contribution in [0.3, 0.4) is 0 Å². The Morgan fingerprint density at radius 2 is 0.770 bits per heavy atom. The number of furan rings is 2. The van der Waals surface area contributed by atoms with Crippen molar-refractivity contribution in [1.29, 1.82) is 0 Å². The van der Waals surface area contributed by atoms with E-state index < -0.39 is 7.92 Å². The zero-order chi connectivity index (χ0) is 42.8. The second kappa shape index (κ2) is 18.4. The van der Waals surface area contributed by atoms with Crippen LogP contribution in [0.15, 0.2) is 161 Å². The van der Waals surface area contributed by atoms with Gasteiger partial charge in [-0.3, -0.25) is 4.79 Å². The molecule has 0 amide bonds. The molecule has 0 N–H and O–H groups in total. The Labute approximate surface area is 365 Å². The number of Topliss-reactive ketones (excluding diaryl/α,β-unsaturated/α-hetero) is 1. The third-order valence-electron chi connectivity index (χ3n) is 12.9. The van der Waals surface area contributed by atoms with Crippen molar-refractivity contribution < 1.29 is 13.6 Å². The summed E-state index contributed by atoms with van der Waals surface area (Å²) in [5.41, 5.74) is 13.1. The summed E-state index contributed by atoms with van der Waals surface area (Å²) in [6.07, 6.45) is 4.40. The molecule has 1 fully saturated rings. The predicted molar refractivity (Wildman–Crippen MR) is 254 cm³/mol. The van der Waals surface area contributed by atoms with Gasteiger partial charge in [0.2, 0.25) is 0 Å². The molecule has 61 heavy (non-hydrogen) atoms. The molecule has 1 saturated heterocycles. The van der Waals surface area contributed by atoms with Crippen molar-refractivity contribution in [1.82, 2.24) is 0 Å². The van der Waals surface area contributed by atoms with Crippen LogP contribution in [0, 0.1) is 0 Å². The summed E-state index contributed by atoms with van der Waals surface area (Å²) in [7, 11) is -1.20. The molecular weight excluding hydrogens is 764 g/mol. The molecule has 312 valence electrons. The van der Waals surface area contributed by atoms with E-state index in [0.29, 0.717) is 36.5 Å². The molecular formula is C57H61O3P. The highest BCUT2D eigenvalue weighted by molar-refractivity contribution is 7.66. The summed E-state index contributed by atoms with van der Waals surface area (Å²) < 4.78 is 12.8. The molecule has 3 nitrogen and oxygen atoms in total. The fourth-order valence-electron chi connectivity index (χ4n) is 10.2. The molecule has 4 unspecified atom stereocenters. The normalized spacial score (nSPS) is 18.0. The minimum Gasteiger partial charge on any atom is -0.469 e. The quantitative estimate of drug-likeness (QED) is 0.0859. The van der Waals surface area contributed by atoms with Gasteiger partial charge in [0.1, 0.15) is 17.3 Å². The van der Waals surface area contributed by atoms with E-state index in [2.05, 4.69) is 183 Å². The fraction of sp³-hybridized carbons (Fsp3) is 0.316. The van der Waals surface area contributed by atoms with E-state index in [4.69, 9.17) is 8.83 Å². The molecule has 1 aliphatic heterocycles. The van der Waals surface area contributed by atoms with Crippen LogP contribution in [0.25, 0.3) is 0 Å². The Morgan fingerprint density at radius 1 is 0.426 bits per heavy atom. The Kier molecular flexibility index (Phi) is 12.8. The van der Waals surface area contributed by atoms with Crippen LogP contribution in [-0.4, -0.2) is 5.78 Å². The topological polar surface area (TPSA) is 43.4 Å². The molecule has 4 atom stereocenters. The Balaban J connectivity index is 1.58. The van der Waals surface area contributed by atoms with Gasteiger partial charge in [0.25, 0.3) is 0 Å². The first-order valence-electron chi connectivity index (χ1n) is 22.4. The average Bonchev–Trinajstić information content (AvgIpc) is 4.01. The van der Waals surface area contributed by atoms with Crippen molar-refractivity contribution in [3.63, 3.8) is 0 Å². The maximum absolute atomic E-state index is 14.2. The highest BCUT2D eigenvalue weighted by Gasteiger charge is 2.46. The molecule has 7 aromatic rings. The molecule has 2 aromatic heterocycles. The number of carbonyl (C=O) groups is 1. The van der Waals surface area contributed by atoms with Gasteiger partial charge in [-0.1, -0.05) is 179 Å². The second-order valence-corrected chi connectivity index (χ2v) is 20.7. The first-order chi connectivity index (χ1) is 29.5. The van der Waals surface area contributed by atoms with Crippen LogP contribution >= 0.6 is 7.92 Å². The molecule has 0 aliphatic carbocycles. The van der Waals surface area contributed by atoms with Crippen LogP contribution in [0.5, 0.6) is 0 Å². The lowest BCUT2D eigenvalue weighted by Crippen LogP contribution is -2.30. The van der Waals surface area contributed by atoms with Gasteiger partial charge in [-0.15, -0.1) is 0 Å². The first kappa shape index (κ1) is 42.5. The third kappa shape index (κ3) is 8.39. The van der Waals surface area contributed by atoms with E-state index in [-0.39, 0.29) is 28.9 Å². The van der Waals surface area contributed by atoms with Crippen LogP contribution in [0.1, 0.15) is 182 Å². The smallest absolute Gasteiger partial charge is 0.135 e. The van der Waals surface area contributed by atoms with Crippen molar-refractivity contribution in [2.45, 2.75) is 115 Å². The van der Waals surface area contributed by atoms with Gasteiger partial charge < -0.3 is 8.83 Å². The van der Waals surface area contributed by atoms with E-state index >= 15 is 0 Å². The van der Waals surface area contributed by atoms with E-state index in [1.165, 1.54) is 60.9 Å². The summed E-state index contributed by atoms with van der Waals surface area (Å²) in [5, 5.41) is 1.36. The van der Waals surface area contributed by atoms with Crippen molar-refractivity contribution in [3.05, 3.63) is 219 Å². The minimum absolute atomic E-state index is 0.0804. The number of hydrogen-bond acceptors (Lipinski definition) is 3. The monoisotopic (exact) mass is 824 g/mol. The van der Waals surface area contributed by atoms with Crippen LogP contribution in [0.4, 0.5) is 0 Å². The SMILES string of the molecule is CC(C)c1cccc(C(C)C)c1C(c1ccccc1)c1cccc(C(c2ccccc2)c2c(C(C)C)cccc2C(C)C)c1P1C(c2ccco2)CC(=O)CC1c1ccco1. The maximum atomic E-state index is 14.2. The van der Waals surface area contributed by atoms with Gasteiger partial charge >= 0.3 is 0 Å². The lowest BCUT2D eigenvalue weighted by molar-refractivity contribution is -0.119. The van der Waals surface area contributed by atoms with Crippen LogP contribution in [-0.2, 0) is 4.79 Å². The van der Waals surface area contributed by atoms with E-state index in [1.54, 1.807) is 12.5 Å². The highest BCUT2D eigenvalue weighted by atomic mass is 31.1. The summed E-state index contributed by atoms with van der Waals surface area (Å²) >= 11 is 0. The lowest BCUT2D eigenvalue weighted by Gasteiger charge is -2.41. The zero-order valence-electron chi connectivity index (χ0n) is 37.1. The molecule has 3 heterocycles. The third-order valence-corrected chi connectivity index (χ3v) is 16.2. The van der Waals surface area contributed by atoms with E-state index in [1.807, 2.05) is 12.1 Å². The number of ketones is 1. The van der Waals surface area contributed by atoms with Gasteiger partial charge in [-0.2, -0.15) is 0 Å². The fourth-order valence-corrected chi connectivity index (χ4v) is 13.9. The molecule has 1 aliphatic rings. The molecule has 0 saturated carbocycles. The predicted octanol–water partition coefficient (Wildman–Crippen LogP) is 15.7. The highest BCUT2D eigenvalue weighted by Crippen LogP contribution is 2.68. The molecule has 0 radical (unpaired) electrons. The van der Waals surface area contributed by atoms with Gasteiger partial charge in [0, 0.05) is 36.0 Å². The summed E-state index contributed by atoms with van der Waals surface area (Å²) in [6.45, 7) is 18.7. The van der Waals surface area contributed by atoms with Crippen LogP contribution < -0.4 is 5.30 Å². The summed E-state index contributed by atoms with van der Waals surface area (Å²) in [6, 6.07) is 51.6. The van der Waals surface area contributed by atoms with E-state index in [9.17, 15) is 4.79 Å². The number of benzene rings is 5. The van der Waals surface area contributed by atoms with Crippen molar-refractivity contribution >= 4 is 19.0 Å². The van der Waals surface area contributed by atoms with Crippen molar-refractivity contribution in [2.24, 2.45) is 0 Å². The number of carbonyl (C=O) groups excluding carboxylic acids is 1. The molecule has 4 heteroatoms. The summed E-state index contributed by atoms with van der Waals surface area (Å²) in [4.78, 5) is 14.2. The first-order valence-corrected chi connectivity index (χ1v) is 23.9. The van der Waals surface area contributed by atoms with Gasteiger partial charge in [-0.25, -0.2) is 0 Å². The lowest BCUT2D eigenvalue weighted by atomic mass is 9.73. The van der Waals surface area contributed by atoms with Crippen molar-refractivity contribution in [2.75, 3.05) is 0 Å². The van der Waals surface area contributed by atoms with Gasteiger partial charge in [0.05, 0.1) is 12.5 Å². The standard InChI is InChI=1S/C57H61O3P/c1-36(2)43-24-15-25-44(37(3)4)55(43)53(40-20-11-9-12-21-40)47-28-17-29-48(54(41-22-13-10-14-23-41)56-45(38(5)6)26-16-27-46(56)39(7)8)57(47)61-51(49-30-18-32-59-49)34-42(58)35-52(61)50-31-19-33-60-50/h9-33,36-39,51-54H,34-35H2,1-8H3. The summed E-state index contributed by atoms with van der Waals surface area (Å²) in [5.74, 6) is 3.06. The van der Waals surface area contributed by atoms with E-state index in [0.717, 1.165) is 11.5 Å². The van der Waals surface area contributed by atoms with Gasteiger partial charge in [-0.05, 0) is 109 Å². The molecule has 5 aromatic carbocycles. The Morgan fingerprint density at radius 3 is 1.08 bits per heavy atom. The Hall–Kier alpha value is -5.24. The number of hydrogen-bond donors (Lipinski definition) is 0. The number of rotatable bonds is 13. The average molecular weight is 825 g/mol. The Bertz CT molecular complexity index is 2310. The molecule has 0 spiro atoms. The minimum atomic E-state index is -1.20. The second-order valence-electron chi connectivity index (χ2n) is 18.2. The molecule has 0 bridgehead atoms. The van der Waals surface area contributed by atoms with Gasteiger partial charge in [0.15, 0.2) is 0 Å². The molecule has 8 rings (SSSR count). The zero-order valence-corrected chi connectivity index (χ0v) is 38.0. The van der Waals surface area contributed by atoms with Crippen LogP contribution in [0.2, 0.25) is 0 Å².